The fraction of sp³-hybridized carbons (Fsp3) is 0.200. The summed E-state index contributed by atoms with van der Waals surface area (Å²) in [5.41, 5.74) is 0.499. The lowest BCUT2D eigenvalue weighted by Gasteiger charge is -1.97. The van der Waals surface area contributed by atoms with Gasteiger partial charge in [0, 0.05) is 0 Å². The fourth-order valence-corrected chi connectivity index (χ4v) is 0.899. The zero-order valence-electron chi connectivity index (χ0n) is 7.01. The molecular formula is C10H11FO+2. The third-order valence-electron chi connectivity index (χ3n) is 1.48. The summed E-state index contributed by atoms with van der Waals surface area (Å²) in [7, 11) is 0. The number of halogens is 1. The van der Waals surface area contributed by atoms with Gasteiger partial charge in [-0.1, -0.05) is 0 Å². The van der Waals surface area contributed by atoms with Crippen LogP contribution < -0.4 is 0 Å². The van der Waals surface area contributed by atoms with Gasteiger partial charge in [-0.3, -0.25) is 0 Å². The van der Waals surface area contributed by atoms with Crippen molar-refractivity contribution in [3.63, 3.8) is 0 Å². The molecule has 0 saturated heterocycles. The van der Waals surface area contributed by atoms with Crippen molar-refractivity contribution < 1.29 is 9.13 Å². The van der Waals surface area contributed by atoms with Crippen LogP contribution in [0.3, 0.4) is 0 Å². The molecule has 1 aliphatic carbocycles. The summed E-state index contributed by atoms with van der Waals surface area (Å²) in [4.78, 5) is 0. The zero-order chi connectivity index (χ0) is 8.97. The maximum atomic E-state index is 12.5. The number of allylic oxidation sites excluding steroid dienone is 4. The van der Waals surface area contributed by atoms with E-state index in [0.717, 1.165) is 5.76 Å². The lowest BCUT2D eigenvalue weighted by Crippen LogP contribution is -1.98. The number of ether oxygens (including phenoxy) is 1. The zero-order valence-corrected chi connectivity index (χ0v) is 7.01. The van der Waals surface area contributed by atoms with Crippen LogP contribution in [-0.2, 0) is 4.74 Å². The van der Waals surface area contributed by atoms with Crippen molar-refractivity contribution in [1.82, 2.24) is 0 Å². The maximum Gasteiger partial charge on any atom is 0.311 e. The molecule has 0 aromatic rings. The maximum absolute atomic E-state index is 12.5. The highest BCUT2D eigenvalue weighted by Crippen LogP contribution is 2.21. The summed E-state index contributed by atoms with van der Waals surface area (Å²) < 4.78 is 17.7. The minimum absolute atomic E-state index is 0.418. The highest BCUT2D eigenvalue weighted by Gasteiger charge is 2.25. The van der Waals surface area contributed by atoms with Crippen LogP contribution in [0.5, 0.6) is 0 Å². The molecule has 0 spiro atoms. The molecule has 62 valence electrons. The second kappa shape index (κ2) is 3.90. The molecule has 0 unspecified atom stereocenters. The molecular weight excluding hydrogens is 155 g/mol. The van der Waals surface area contributed by atoms with E-state index in [-0.39, 0.29) is 0 Å². The molecule has 2 heteroatoms. The van der Waals surface area contributed by atoms with E-state index in [0.29, 0.717) is 12.2 Å². The van der Waals surface area contributed by atoms with Crippen molar-refractivity contribution in [2.45, 2.75) is 6.92 Å². The lowest BCUT2D eigenvalue weighted by molar-refractivity contribution is 0.237. The van der Waals surface area contributed by atoms with Crippen molar-refractivity contribution in [3.05, 3.63) is 48.7 Å². The molecule has 0 aromatic heterocycles. The van der Waals surface area contributed by atoms with Crippen LogP contribution in [0.15, 0.2) is 35.9 Å². The summed E-state index contributed by atoms with van der Waals surface area (Å²) in [6.45, 7) is 5.72. The molecule has 0 bridgehead atoms. The van der Waals surface area contributed by atoms with Crippen LogP contribution in [-0.4, -0.2) is 6.61 Å². The number of hydrogen-bond acceptors (Lipinski definition) is 1. The summed E-state index contributed by atoms with van der Waals surface area (Å²) in [5, 5.41) is 0. The van der Waals surface area contributed by atoms with Crippen LogP contribution in [0.4, 0.5) is 4.39 Å². The van der Waals surface area contributed by atoms with Gasteiger partial charge in [-0.2, -0.15) is 0 Å². The van der Waals surface area contributed by atoms with Crippen molar-refractivity contribution in [2.75, 3.05) is 6.61 Å². The van der Waals surface area contributed by atoms with Gasteiger partial charge < -0.3 is 4.74 Å². The normalized spacial score (nSPS) is 15.2. The second-order valence-electron chi connectivity index (χ2n) is 2.36. The third kappa shape index (κ3) is 2.09. The molecule has 1 aliphatic rings. The van der Waals surface area contributed by atoms with E-state index >= 15 is 0 Å². The summed E-state index contributed by atoms with van der Waals surface area (Å²) in [6.07, 6.45) is 6.74. The van der Waals surface area contributed by atoms with Crippen molar-refractivity contribution in [1.29, 1.82) is 0 Å². The fourth-order valence-electron chi connectivity index (χ4n) is 0.899. The van der Waals surface area contributed by atoms with Crippen molar-refractivity contribution in [3.8, 4) is 0 Å². The molecule has 0 amide bonds. The Labute approximate surface area is 72.2 Å². The topological polar surface area (TPSA) is 9.23 Å². The first-order valence-corrected chi connectivity index (χ1v) is 3.81. The van der Waals surface area contributed by atoms with E-state index in [1.54, 1.807) is 25.0 Å². The van der Waals surface area contributed by atoms with Crippen molar-refractivity contribution >= 4 is 0 Å². The lowest BCUT2D eigenvalue weighted by atomic mass is 10.0. The molecule has 0 aliphatic heterocycles. The predicted octanol–water partition coefficient (Wildman–Crippen LogP) is 2.74. The molecule has 12 heavy (non-hydrogen) atoms. The average Bonchev–Trinajstić information content (AvgIpc) is 2.06. The van der Waals surface area contributed by atoms with E-state index < -0.39 is 5.83 Å². The van der Waals surface area contributed by atoms with Gasteiger partial charge in [-0.05, 0) is 13.5 Å². The van der Waals surface area contributed by atoms with E-state index in [1.165, 1.54) is 0 Å². The van der Waals surface area contributed by atoms with E-state index in [4.69, 9.17) is 4.74 Å². The minimum atomic E-state index is -0.418. The Bertz CT molecular complexity index is 238. The molecule has 1 rings (SSSR count). The number of hydrogen-bond donors (Lipinski definition) is 0. The molecule has 0 aromatic carbocycles. The molecule has 0 radical (unpaired) electrons. The van der Waals surface area contributed by atoms with Crippen LogP contribution in [0.2, 0.25) is 0 Å². The smallest absolute Gasteiger partial charge is 0.311 e. The van der Waals surface area contributed by atoms with Gasteiger partial charge in [0.15, 0.2) is 12.5 Å². The summed E-state index contributed by atoms with van der Waals surface area (Å²) in [6, 6.07) is 0. The van der Waals surface area contributed by atoms with Crippen LogP contribution in [0.1, 0.15) is 6.92 Å². The van der Waals surface area contributed by atoms with E-state index in [1.807, 2.05) is 6.92 Å². The molecule has 0 fully saturated rings. The van der Waals surface area contributed by atoms with Gasteiger partial charge in [-0.25, -0.2) is 0 Å². The minimum Gasteiger partial charge on any atom is -0.428 e. The highest BCUT2D eigenvalue weighted by atomic mass is 19.1. The molecule has 0 atom stereocenters. The van der Waals surface area contributed by atoms with Gasteiger partial charge in [0.2, 0.25) is 5.57 Å². The van der Waals surface area contributed by atoms with Gasteiger partial charge >= 0.3 is 5.76 Å². The van der Waals surface area contributed by atoms with Crippen LogP contribution in [0.25, 0.3) is 0 Å². The first-order valence-electron chi connectivity index (χ1n) is 3.81. The first-order chi connectivity index (χ1) is 5.74. The Balaban J connectivity index is 2.48. The molecule has 1 nitrogen and oxygen atoms in total. The van der Waals surface area contributed by atoms with Gasteiger partial charge in [0.25, 0.3) is 5.83 Å². The molecule has 0 heterocycles. The largest absolute Gasteiger partial charge is 0.428 e. The van der Waals surface area contributed by atoms with E-state index in [9.17, 15) is 4.39 Å². The Kier molecular flexibility index (Phi) is 2.86. The Morgan fingerprint density at radius 1 is 1.58 bits per heavy atom. The summed E-state index contributed by atoms with van der Waals surface area (Å²) in [5.74, 6) is 0.334. The Hall–Kier alpha value is -1.31. The SMILES string of the molecule is C=C(F)C1=C[CH+]C(OCC)=C[CH+]1. The first kappa shape index (κ1) is 8.78. The monoisotopic (exact) mass is 166 g/mol. The molecule has 0 N–H and O–H groups in total. The van der Waals surface area contributed by atoms with Gasteiger partial charge in [0.05, 0.1) is 0 Å². The van der Waals surface area contributed by atoms with Crippen molar-refractivity contribution in [2.24, 2.45) is 0 Å². The predicted molar refractivity (Wildman–Crippen MR) is 46.6 cm³/mol. The Morgan fingerprint density at radius 3 is 2.75 bits per heavy atom. The Morgan fingerprint density at radius 2 is 2.33 bits per heavy atom. The van der Waals surface area contributed by atoms with Gasteiger partial charge in [-0.15, -0.1) is 4.39 Å². The van der Waals surface area contributed by atoms with Crippen LogP contribution in [0, 0.1) is 12.8 Å². The van der Waals surface area contributed by atoms with Crippen LogP contribution >= 0.6 is 0 Å². The quantitative estimate of drug-likeness (QED) is 0.586. The van der Waals surface area contributed by atoms with E-state index in [2.05, 4.69) is 6.58 Å². The summed E-state index contributed by atoms with van der Waals surface area (Å²) >= 11 is 0. The standard InChI is InChI=1S/C10H11FO/c1-3-12-10-6-4-9(5-7-10)8(2)11/h4-7H,2-3H2,1H3/q+2. The van der Waals surface area contributed by atoms with Gasteiger partial charge in [0.1, 0.15) is 19.1 Å². The third-order valence-corrected chi connectivity index (χ3v) is 1.48. The molecule has 0 saturated carbocycles. The highest BCUT2D eigenvalue weighted by molar-refractivity contribution is 5.44. The second-order valence-corrected chi connectivity index (χ2v) is 2.36. The average molecular weight is 166 g/mol. The number of rotatable bonds is 3.